The molecule has 0 unspecified atom stereocenters. The molecule has 5 aromatic rings. The quantitative estimate of drug-likeness (QED) is 0.343. The van der Waals surface area contributed by atoms with Crippen molar-refractivity contribution in [3.63, 3.8) is 0 Å². The number of aromatic nitrogens is 4. The van der Waals surface area contributed by atoms with Gasteiger partial charge in [0.2, 0.25) is 5.91 Å². The molecule has 0 aliphatic rings. The van der Waals surface area contributed by atoms with Crippen molar-refractivity contribution in [1.29, 1.82) is 0 Å². The summed E-state index contributed by atoms with van der Waals surface area (Å²) in [6.45, 7) is 3.81. The van der Waals surface area contributed by atoms with Gasteiger partial charge in [-0.25, -0.2) is 15.0 Å². The molecule has 3 aromatic carbocycles. The van der Waals surface area contributed by atoms with E-state index in [9.17, 15) is 4.79 Å². The zero-order valence-electron chi connectivity index (χ0n) is 19.2. The monoisotopic (exact) mass is 452 g/mol. The smallest absolute Gasteiger partial charge is 0.224 e. The molecule has 0 spiro atoms. The van der Waals surface area contributed by atoms with E-state index in [1.165, 1.54) is 6.33 Å². The Morgan fingerprint density at radius 2 is 1.82 bits per heavy atom. The van der Waals surface area contributed by atoms with Gasteiger partial charge in [0, 0.05) is 36.3 Å². The second kappa shape index (κ2) is 8.82. The van der Waals surface area contributed by atoms with E-state index in [1.807, 2.05) is 80.1 Å². The first-order valence-corrected chi connectivity index (χ1v) is 11.0. The van der Waals surface area contributed by atoms with Crippen LogP contribution in [-0.2, 0) is 11.8 Å². The number of aryl methyl sites for hydroxylation is 2. The van der Waals surface area contributed by atoms with Gasteiger partial charge in [0.1, 0.15) is 23.6 Å². The van der Waals surface area contributed by atoms with Crippen LogP contribution in [0.1, 0.15) is 18.9 Å². The molecule has 0 radical (unpaired) electrons. The predicted molar refractivity (Wildman–Crippen MR) is 134 cm³/mol. The van der Waals surface area contributed by atoms with E-state index < -0.39 is 0 Å². The van der Waals surface area contributed by atoms with Gasteiger partial charge in [-0.1, -0.05) is 6.92 Å². The molecule has 0 atom stereocenters. The summed E-state index contributed by atoms with van der Waals surface area (Å²) in [5, 5.41) is 7.07. The fraction of sp³-hybridized carbons (Fsp3) is 0.154. The number of carbonyl (C=O) groups is 1. The van der Waals surface area contributed by atoms with Crippen molar-refractivity contribution in [2.75, 3.05) is 10.6 Å². The summed E-state index contributed by atoms with van der Waals surface area (Å²) in [5.74, 6) is 2.11. The second-order valence-corrected chi connectivity index (χ2v) is 8.07. The average molecular weight is 453 g/mol. The standard InChI is InChI=1S/C26H24N6O2/c1-4-25(33)30-18-5-8-21-20(12-18)26(28-14-27-21)31-17-6-10-24(16(2)11-17)34-19-7-9-23-22(13-19)29-15-32(23)3/h5-15H,4H2,1-3H3,(H,30,33)(H,27,28,31). The topological polar surface area (TPSA) is 94.0 Å². The van der Waals surface area contributed by atoms with Gasteiger partial charge in [0.25, 0.3) is 0 Å². The highest BCUT2D eigenvalue weighted by Crippen LogP contribution is 2.31. The largest absolute Gasteiger partial charge is 0.457 e. The van der Waals surface area contributed by atoms with Crippen molar-refractivity contribution in [3.05, 3.63) is 72.8 Å². The lowest BCUT2D eigenvalue weighted by Gasteiger charge is -2.13. The van der Waals surface area contributed by atoms with E-state index in [4.69, 9.17) is 4.74 Å². The van der Waals surface area contributed by atoms with Crippen molar-refractivity contribution in [1.82, 2.24) is 19.5 Å². The van der Waals surface area contributed by atoms with Crippen LogP contribution in [0.2, 0.25) is 0 Å². The van der Waals surface area contributed by atoms with Crippen LogP contribution in [0.4, 0.5) is 17.2 Å². The molecule has 8 nitrogen and oxygen atoms in total. The number of anilines is 3. The molecule has 2 heterocycles. The lowest BCUT2D eigenvalue weighted by molar-refractivity contribution is -0.115. The molecule has 5 rings (SSSR count). The lowest BCUT2D eigenvalue weighted by atomic mass is 10.1. The first kappa shape index (κ1) is 21.4. The number of benzene rings is 3. The number of amides is 1. The average Bonchev–Trinajstić information content (AvgIpc) is 3.21. The first-order valence-electron chi connectivity index (χ1n) is 11.0. The van der Waals surface area contributed by atoms with E-state index in [2.05, 4.69) is 25.6 Å². The summed E-state index contributed by atoms with van der Waals surface area (Å²) in [4.78, 5) is 24.9. The molecular formula is C26H24N6O2. The molecular weight excluding hydrogens is 428 g/mol. The maximum atomic E-state index is 11.8. The zero-order chi connectivity index (χ0) is 23.7. The third-order valence-corrected chi connectivity index (χ3v) is 5.60. The normalized spacial score (nSPS) is 11.0. The molecule has 0 aliphatic heterocycles. The fourth-order valence-corrected chi connectivity index (χ4v) is 3.77. The molecule has 0 fully saturated rings. The summed E-state index contributed by atoms with van der Waals surface area (Å²) in [6.07, 6.45) is 3.72. The van der Waals surface area contributed by atoms with Crippen LogP contribution in [-0.4, -0.2) is 25.4 Å². The van der Waals surface area contributed by atoms with Crippen molar-refractivity contribution >= 4 is 45.0 Å². The van der Waals surface area contributed by atoms with Crippen molar-refractivity contribution < 1.29 is 9.53 Å². The number of imidazole rings is 1. The number of hydrogen-bond acceptors (Lipinski definition) is 6. The Kier molecular flexibility index (Phi) is 5.55. The Hall–Kier alpha value is -4.46. The van der Waals surface area contributed by atoms with Crippen molar-refractivity contribution in [2.24, 2.45) is 7.05 Å². The number of hydrogen-bond donors (Lipinski definition) is 2. The van der Waals surface area contributed by atoms with Gasteiger partial charge in [-0.15, -0.1) is 0 Å². The van der Waals surface area contributed by atoms with Gasteiger partial charge in [-0.2, -0.15) is 0 Å². The number of ether oxygens (including phenoxy) is 1. The van der Waals surface area contributed by atoms with E-state index in [1.54, 1.807) is 6.33 Å². The minimum absolute atomic E-state index is 0.0425. The molecule has 0 aliphatic carbocycles. The molecule has 2 N–H and O–H groups in total. The number of rotatable bonds is 6. The van der Waals surface area contributed by atoms with Crippen LogP contribution in [0.15, 0.2) is 67.3 Å². The van der Waals surface area contributed by atoms with Crippen LogP contribution in [0, 0.1) is 6.92 Å². The Labute approximate surface area is 196 Å². The number of fused-ring (bicyclic) bond motifs is 2. The van der Waals surface area contributed by atoms with Crippen molar-refractivity contribution in [2.45, 2.75) is 20.3 Å². The highest BCUT2D eigenvalue weighted by atomic mass is 16.5. The number of nitrogens with zero attached hydrogens (tertiary/aromatic N) is 4. The zero-order valence-corrected chi connectivity index (χ0v) is 19.2. The first-order chi connectivity index (χ1) is 16.5. The van der Waals surface area contributed by atoms with Crippen LogP contribution in [0.5, 0.6) is 11.5 Å². The lowest BCUT2D eigenvalue weighted by Crippen LogP contribution is -2.09. The van der Waals surface area contributed by atoms with Gasteiger partial charge < -0.3 is 19.9 Å². The third-order valence-electron chi connectivity index (χ3n) is 5.60. The van der Waals surface area contributed by atoms with Crippen LogP contribution >= 0.6 is 0 Å². The third kappa shape index (κ3) is 4.25. The van der Waals surface area contributed by atoms with Crippen molar-refractivity contribution in [3.8, 4) is 11.5 Å². The molecule has 1 amide bonds. The van der Waals surface area contributed by atoms with Gasteiger partial charge in [0.15, 0.2) is 0 Å². The fourth-order valence-electron chi connectivity index (χ4n) is 3.77. The number of nitrogens with one attached hydrogen (secondary N) is 2. The Balaban J connectivity index is 1.39. The van der Waals surface area contributed by atoms with Gasteiger partial charge in [-0.3, -0.25) is 4.79 Å². The highest BCUT2D eigenvalue weighted by molar-refractivity contribution is 5.97. The molecule has 34 heavy (non-hydrogen) atoms. The highest BCUT2D eigenvalue weighted by Gasteiger charge is 2.10. The van der Waals surface area contributed by atoms with Gasteiger partial charge >= 0.3 is 0 Å². The van der Waals surface area contributed by atoms with Gasteiger partial charge in [0.05, 0.1) is 22.9 Å². The molecule has 0 saturated carbocycles. The van der Waals surface area contributed by atoms with Crippen LogP contribution in [0.3, 0.4) is 0 Å². The maximum absolute atomic E-state index is 11.8. The van der Waals surface area contributed by atoms with Gasteiger partial charge in [-0.05, 0) is 61.0 Å². The number of carbonyl (C=O) groups excluding carboxylic acids is 1. The minimum Gasteiger partial charge on any atom is -0.457 e. The molecule has 0 bridgehead atoms. The van der Waals surface area contributed by atoms with E-state index >= 15 is 0 Å². The molecule has 0 saturated heterocycles. The summed E-state index contributed by atoms with van der Waals surface area (Å²) in [6, 6.07) is 17.3. The Morgan fingerprint density at radius 1 is 0.971 bits per heavy atom. The van der Waals surface area contributed by atoms with E-state index in [0.29, 0.717) is 17.9 Å². The van der Waals surface area contributed by atoms with E-state index in [0.717, 1.165) is 44.7 Å². The maximum Gasteiger partial charge on any atom is 0.224 e. The summed E-state index contributed by atoms with van der Waals surface area (Å²) < 4.78 is 8.10. The van der Waals surface area contributed by atoms with E-state index in [-0.39, 0.29) is 5.91 Å². The SMILES string of the molecule is CCC(=O)Nc1ccc2ncnc(Nc3ccc(Oc4ccc5c(c4)ncn5C)c(C)c3)c2c1. The summed E-state index contributed by atoms with van der Waals surface area (Å²) in [7, 11) is 1.97. The Bertz CT molecular complexity index is 1530. The van der Waals surface area contributed by atoms with Crippen LogP contribution < -0.4 is 15.4 Å². The second-order valence-electron chi connectivity index (χ2n) is 8.07. The predicted octanol–water partition coefficient (Wildman–Crippen LogP) is 5.71. The Morgan fingerprint density at radius 3 is 2.65 bits per heavy atom. The summed E-state index contributed by atoms with van der Waals surface area (Å²) in [5.41, 5.74) is 5.28. The van der Waals surface area contributed by atoms with Crippen LogP contribution in [0.25, 0.3) is 21.9 Å². The minimum atomic E-state index is -0.0425. The molecule has 2 aromatic heterocycles. The summed E-state index contributed by atoms with van der Waals surface area (Å²) >= 11 is 0. The molecule has 8 heteroatoms. The molecule has 170 valence electrons.